The van der Waals surface area contributed by atoms with E-state index >= 15 is 0 Å². The van der Waals surface area contributed by atoms with Crippen molar-refractivity contribution >= 4 is 16.5 Å². The maximum atomic E-state index is 5.70. The fourth-order valence-corrected chi connectivity index (χ4v) is 2.11. The number of rotatable bonds is 7. The third-order valence-electron chi connectivity index (χ3n) is 2.51. The zero-order valence-corrected chi connectivity index (χ0v) is 11.9. The minimum atomic E-state index is 0.399. The van der Waals surface area contributed by atoms with E-state index in [0.717, 1.165) is 35.2 Å². The van der Waals surface area contributed by atoms with E-state index in [0.29, 0.717) is 6.61 Å². The minimum Gasteiger partial charge on any atom is -0.497 e. The van der Waals surface area contributed by atoms with Crippen LogP contribution in [0.15, 0.2) is 24.3 Å². The van der Waals surface area contributed by atoms with E-state index in [1.165, 1.54) is 11.5 Å². The first-order valence-corrected chi connectivity index (χ1v) is 6.92. The summed E-state index contributed by atoms with van der Waals surface area (Å²) in [6.45, 7) is 3.43. The number of anilines is 1. The Morgan fingerprint density at radius 3 is 2.95 bits per heavy atom. The van der Waals surface area contributed by atoms with Gasteiger partial charge in [0, 0.05) is 24.1 Å². The normalized spacial score (nSPS) is 10.2. The Hall–Kier alpha value is -1.82. The Balaban J connectivity index is 1.96. The monoisotopic (exact) mass is 279 g/mol. The number of hydrogen-bond acceptors (Lipinski definition) is 6. The highest BCUT2D eigenvalue weighted by molar-refractivity contribution is 7.10. The first-order chi connectivity index (χ1) is 9.33. The van der Waals surface area contributed by atoms with Crippen LogP contribution in [0.3, 0.4) is 0 Å². The number of hydrogen-bond donors (Lipinski definition) is 1. The highest BCUT2D eigenvalue weighted by atomic mass is 32.1. The molecule has 0 aliphatic heterocycles. The summed E-state index contributed by atoms with van der Waals surface area (Å²) < 4.78 is 14.8. The number of benzene rings is 1. The van der Waals surface area contributed by atoms with Crippen LogP contribution in [-0.4, -0.2) is 23.2 Å². The molecule has 19 heavy (non-hydrogen) atoms. The molecule has 0 bridgehead atoms. The van der Waals surface area contributed by atoms with Crippen LogP contribution in [0, 0.1) is 0 Å². The van der Waals surface area contributed by atoms with Crippen LogP contribution < -0.4 is 14.8 Å². The summed E-state index contributed by atoms with van der Waals surface area (Å²) in [6, 6.07) is 7.51. The van der Waals surface area contributed by atoms with Gasteiger partial charge in [0.1, 0.15) is 28.8 Å². The van der Waals surface area contributed by atoms with E-state index in [2.05, 4.69) is 21.8 Å². The Labute approximate surface area is 116 Å². The quantitative estimate of drug-likeness (QED) is 0.844. The molecule has 1 heterocycles. The van der Waals surface area contributed by atoms with E-state index in [4.69, 9.17) is 9.47 Å². The Kier molecular flexibility index (Phi) is 4.97. The lowest BCUT2D eigenvalue weighted by Gasteiger charge is -2.07. The molecule has 5 nitrogen and oxygen atoms in total. The Morgan fingerprint density at radius 1 is 1.32 bits per heavy atom. The lowest BCUT2D eigenvalue weighted by atomic mass is 10.3. The van der Waals surface area contributed by atoms with Crippen LogP contribution in [-0.2, 0) is 6.61 Å². The second-order valence-corrected chi connectivity index (χ2v) is 4.70. The molecule has 0 aliphatic rings. The SMILES string of the molecule is CCCNc1snnc1COc1cccc(OC)c1. The predicted molar refractivity (Wildman–Crippen MR) is 76.0 cm³/mol. The molecule has 0 amide bonds. The minimum absolute atomic E-state index is 0.399. The van der Waals surface area contributed by atoms with E-state index in [1.54, 1.807) is 7.11 Å². The molecule has 0 aliphatic carbocycles. The maximum absolute atomic E-state index is 5.70. The van der Waals surface area contributed by atoms with Gasteiger partial charge in [-0.3, -0.25) is 0 Å². The van der Waals surface area contributed by atoms with Gasteiger partial charge in [-0.05, 0) is 18.6 Å². The summed E-state index contributed by atoms with van der Waals surface area (Å²) in [7, 11) is 1.64. The lowest BCUT2D eigenvalue weighted by Crippen LogP contribution is -2.03. The van der Waals surface area contributed by atoms with Gasteiger partial charge >= 0.3 is 0 Å². The molecular weight excluding hydrogens is 262 g/mol. The van der Waals surface area contributed by atoms with Crippen molar-refractivity contribution in [2.24, 2.45) is 0 Å². The lowest BCUT2D eigenvalue weighted by molar-refractivity contribution is 0.299. The van der Waals surface area contributed by atoms with Crippen LogP contribution in [0.1, 0.15) is 19.0 Å². The molecule has 2 aromatic rings. The summed E-state index contributed by atoms with van der Waals surface area (Å²) in [5.74, 6) is 1.53. The fourth-order valence-electron chi connectivity index (χ4n) is 1.52. The molecule has 0 radical (unpaired) electrons. The van der Waals surface area contributed by atoms with Crippen molar-refractivity contribution in [3.05, 3.63) is 30.0 Å². The first kappa shape index (κ1) is 13.6. The van der Waals surface area contributed by atoms with Crippen molar-refractivity contribution in [2.75, 3.05) is 19.0 Å². The summed E-state index contributed by atoms with van der Waals surface area (Å²) in [6.07, 6.45) is 1.06. The van der Waals surface area contributed by atoms with Crippen LogP contribution in [0.2, 0.25) is 0 Å². The summed E-state index contributed by atoms with van der Waals surface area (Å²) in [5, 5.41) is 8.34. The molecule has 0 atom stereocenters. The van der Waals surface area contributed by atoms with Gasteiger partial charge in [-0.2, -0.15) is 0 Å². The number of aromatic nitrogens is 2. The summed E-state index contributed by atoms with van der Waals surface area (Å²) in [4.78, 5) is 0. The average molecular weight is 279 g/mol. The molecule has 2 rings (SSSR count). The second-order valence-electron chi connectivity index (χ2n) is 3.94. The van der Waals surface area contributed by atoms with E-state index in [1.807, 2.05) is 24.3 Å². The van der Waals surface area contributed by atoms with Gasteiger partial charge in [-0.15, -0.1) is 5.10 Å². The van der Waals surface area contributed by atoms with Gasteiger partial charge in [0.2, 0.25) is 0 Å². The molecule has 0 unspecified atom stereocenters. The predicted octanol–water partition coefficient (Wildman–Crippen LogP) is 2.95. The van der Waals surface area contributed by atoms with Crippen LogP contribution in [0.4, 0.5) is 5.00 Å². The van der Waals surface area contributed by atoms with Crippen molar-refractivity contribution in [3.63, 3.8) is 0 Å². The van der Waals surface area contributed by atoms with Crippen molar-refractivity contribution in [1.29, 1.82) is 0 Å². The van der Waals surface area contributed by atoms with Crippen LogP contribution in [0.25, 0.3) is 0 Å². The van der Waals surface area contributed by atoms with Crippen LogP contribution >= 0.6 is 11.5 Å². The summed E-state index contributed by atoms with van der Waals surface area (Å²) >= 11 is 1.36. The molecule has 102 valence electrons. The largest absolute Gasteiger partial charge is 0.497 e. The fraction of sp³-hybridized carbons (Fsp3) is 0.385. The molecule has 0 saturated carbocycles. The topological polar surface area (TPSA) is 56.3 Å². The van der Waals surface area contributed by atoms with Crippen molar-refractivity contribution in [3.8, 4) is 11.5 Å². The molecule has 6 heteroatoms. The third-order valence-corrected chi connectivity index (χ3v) is 3.23. The number of nitrogens with one attached hydrogen (secondary N) is 1. The maximum Gasteiger partial charge on any atom is 0.136 e. The van der Waals surface area contributed by atoms with Gasteiger partial charge in [-0.25, -0.2) is 0 Å². The van der Waals surface area contributed by atoms with E-state index in [-0.39, 0.29) is 0 Å². The highest BCUT2D eigenvalue weighted by Crippen LogP contribution is 2.22. The van der Waals surface area contributed by atoms with Crippen LogP contribution in [0.5, 0.6) is 11.5 Å². The third kappa shape index (κ3) is 3.82. The zero-order chi connectivity index (χ0) is 13.5. The molecule has 0 saturated heterocycles. The van der Waals surface area contributed by atoms with Gasteiger partial charge in [0.05, 0.1) is 7.11 Å². The molecule has 0 spiro atoms. The standard InChI is InChI=1S/C13H17N3O2S/c1-3-7-14-13-12(15-16-19-13)9-18-11-6-4-5-10(8-11)17-2/h4-6,8,14H,3,7,9H2,1-2H3. The molecule has 1 N–H and O–H groups in total. The Morgan fingerprint density at radius 2 is 2.16 bits per heavy atom. The van der Waals surface area contributed by atoms with Gasteiger partial charge < -0.3 is 14.8 Å². The highest BCUT2D eigenvalue weighted by Gasteiger charge is 2.08. The van der Waals surface area contributed by atoms with Crippen molar-refractivity contribution in [1.82, 2.24) is 9.59 Å². The van der Waals surface area contributed by atoms with Crippen molar-refractivity contribution < 1.29 is 9.47 Å². The molecular formula is C13H17N3O2S. The van der Waals surface area contributed by atoms with Gasteiger partial charge in [0.15, 0.2) is 0 Å². The number of ether oxygens (including phenoxy) is 2. The molecule has 0 fully saturated rings. The average Bonchev–Trinajstić information content (AvgIpc) is 2.90. The smallest absolute Gasteiger partial charge is 0.136 e. The molecule has 1 aromatic heterocycles. The van der Waals surface area contributed by atoms with Gasteiger partial charge in [0.25, 0.3) is 0 Å². The van der Waals surface area contributed by atoms with Crippen molar-refractivity contribution in [2.45, 2.75) is 20.0 Å². The second kappa shape index (κ2) is 6.94. The summed E-state index contributed by atoms with van der Waals surface area (Å²) in [5.41, 5.74) is 0.835. The Bertz CT molecular complexity index is 516. The molecule has 1 aromatic carbocycles. The number of nitrogens with zero attached hydrogens (tertiary/aromatic N) is 2. The van der Waals surface area contributed by atoms with E-state index < -0.39 is 0 Å². The number of methoxy groups -OCH3 is 1. The van der Waals surface area contributed by atoms with Gasteiger partial charge in [-0.1, -0.05) is 17.5 Å². The van der Waals surface area contributed by atoms with E-state index in [9.17, 15) is 0 Å². The first-order valence-electron chi connectivity index (χ1n) is 6.15. The zero-order valence-electron chi connectivity index (χ0n) is 11.0.